The zero-order chi connectivity index (χ0) is 20.5. The topological polar surface area (TPSA) is 89.0 Å². The van der Waals surface area contributed by atoms with Gasteiger partial charge in [-0.3, -0.25) is 0 Å². The maximum absolute atomic E-state index is 12.8. The van der Waals surface area contributed by atoms with Crippen LogP contribution in [-0.4, -0.2) is 42.0 Å². The predicted molar refractivity (Wildman–Crippen MR) is 108 cm³/mol. The average Bonchev–Trinajstić information content (AvgIpc) is 2.75. The average molecular weight is 398 g/mol. The van der Waals surface area contributed by atoms with Gasteiger partial charge < -0.3 is 14.6 Å². The largest absolute Gasteiger partial charge is 0.480 e. The van der Waals surface area contributed by atoms with Crippen molar-refractivity contribution in [3.63, 3.8) is 0 Å². The SMILES string of the molecule is O=C(O)COC[C@H]1CC[C@H](COC(=O)N(c2ccccc2)c2ccccn2)CC1. The minimum absolute atomic E-state index is 0.250. The lowest BCUT2D eigenvalue weighted by Gasteiger charge is -2.29. The first-order chi connectivity index (χ1) is 14.1. The fourth-order valence-electron chi connectivity index (χ4n) is 3.53. The van der Waals surface area contributed by atoms with E-state index < -0.39 is 12.1 Å². The number of carboxylic acids is 1. The van der Waals surface area contributed by atoms with Crippen LogP contribution in [0.5, 0.6) is 0 Å². The minimum atomic E-state index is -0.943. The first-order valence-electron chi connectivity index (χ1n) is 9.86. The fourth-order valence-corrected chi connectivity index (χ4v) is 3.53. The van der Waals surface area contributed by atoms with Gasteiger partial charge in [-0.15, -0.1) is 0 Å². The summed E-state index contributed by atoms with van der Waals surface area (Å²) in [6.07, 6.45) is 4.97. The van der Waals surface area contributed by atoms with Crippen LogP contribution in [0.25, 0.3) is 0 Å². The summed E-state index contributed by atoms with van der Waals surface area (Å²) in [5.74, 6) is 0.246. The number of rotatable bonds is 8. The van der Waals surface area contributed by atoms with E-state index in [-0.39, 0.29) is 6.61 Å². The molecular formula is C22H26N2O5. The molecule has 2 aromatic rings. The van der Waals surface area contributed by atoms with Gasteiger partial charge in [-0.05, 0) is 61.8 Å². The van der Waals surface area contributed by atoms with Crippen LogP contribution in [0.3, 0.4) is 0 Å². The number of hydrogen-bond donors (Lipinski definition) is 1. The number of ether oxygens (including phenoxy) is 2. The summed E-state index contributed by atoms with van der Waals surface area (Å²) in [6, 6.07) is 14.7. The zero-order valence-electron chi connectivity index (χ0n) is 16.3. The molecule has 1 aromatic carbocycles. The lowest BCUT2D eigenvalue weighted by molar-refractivity contribution is -0.142. The number of para-hydroxylation sites is 1. The van der Waals surface area contributed by atoms with Crippen molar-refractivity contribution in [2.45, 2.75) is 25.7 Å². The first kappa shape index (κ1) is 20.8. The quantitative estimate of drug-likeness (QED) is 0.715. The number of hydrogen-bond acceptors (Lipinski definition) is 5. The van der Waals surface area contributed by atoms with Gasteiger partial charge in [0, 0.05) is 6.20 Å². The number of carbonyl (C=O) groups is 2. The molecule has 1 aromatic heterocycles. The predicted octanol–water partition coefficient (Wildman–Crippen LogP) is 4.26. The number of aliphatic carboxylic acids is 1. The van der Waals surface area contributed by atoms with Crippen LogP contribution in [0.1, 0.15) is 25.7 Å². The monoisotopic (exact) mass is 398 g/mol. The van der Waals surface area contributed by atoms with Gasteiger partial charge in [0.15, 0.2) is 0 Å². The van der Waals surface area contributed by atoms with Crippen molar-refractivity contribution >= 4 is 23.6 Å². The van der Waals surface area contributed by atoms with Crippen LogP contribution < -0.4 is 4.90 Å². The number of anilines is 2. The highest BCUT2D eigenvalue weighted by atomic mass is 16.6. The van der Waals surface area contributed by atoms with Gasteiger partial charge in [-0.25, -0.2) is 19.5 Å². The Hall–Kier alpha value is -2.93. The van der Waals surface area contributed by atoms with Crippen LogP contribution >= 0.6 is 0 Å². The summed E-state index contributed by atoms with van der Waals surface area (Å²) >= 11 is 0. The van der Waals surface area contributed by atoms with Gasteiger partial charge in [0.25, 0.3) is 0 Å². The van der Waals surface area contributed by atoms with Crippen molar-refractivity contribution in [1.82, 2.24) is 4.98 Å². The van der Waals surface area contributed by atoms with Gasteiger partial charge >= 0.3 is 12.1 Å². The number of pyridine rings is 1. The second kappa shape index (κ2) is 10.6. The third kappa shape index (κ3) is 6.29. The third-order valence-corrected chi connectivity index (χ3v) is 5.06. The van der Waals surface area contributed by atoms with Crippen molar-refractivity contribution < 1.29 is 24.2 Å². The number of aromatic nitrogens is 1. The van der Waals surface area contributed by atoms with Crippen molar-refractivity contribution in [3.8, 4) is 0 Å². The van der Waals surface area contributed by atoms with E-state index in [9.17, 15) is 9.59 Å². The molecule has 1 amide bonds. The second-order valence-corrected chi connectivity index (χ2v) is 7.23. The second-order valence-electron chi connectivity index (χ2n) is 7.23. The molecule has 1 aliphatic rings. The number of carboxylic acid groups (broad SMARTS) is 1. The molecule has 7 heteroatoms. The van der Waals surface area contributed by atoms with E-state index >= 15 is 0 Å². The van der Waals surface area contributed by atoms with Gasteiger partial charge in [-0.2, -0.15) is 0 Å². The Morgan fingerprint density at radius 3 is 2.24 bits per heavy atom. The smallest absolute Gasteiger partial charge is 0.420 e. The first-order valence-corrected chi connectivity index (χ1v) is 9.86. The lowest BCUT2D eigenvalue weighted by atomic mass is 9.83. The number of carbonyl (C=O) groups excluding carboxylic acids is 1. The van der Waals surface area contributed by atoms with Crippen LogP contribution in [0.4, 0.5) is 16.3 Å². The standard InChI is InChI=1S/C22H26N2O5/c25-21(26)16-28-14-17-9-11-18(12-10-17)15-29-22(27)24(19-6-2-1-3-7-19)20-8-4-5-13-23-20/h1-8,13,17-18H,9-12,14-16H2,(H,25,26)/t17-,18-. The van der Waals surface area contributed by atoms with E-state index in [0.29, 0.717) is 36.6 Å². The molecule has 0 radical (unpaired) electrons. The Morgan fingerprint density at radius 1 is 0.966 bits per heavy atom. The van der Waals surface area contributed by atoms with E-state index in [1.807, 2.05) is 36.4 Å². The number of amides is 1. The van der Waals surface area contributed by atoms with E-state index in [1.165, 1.54) is 4.90 Å². The summed E-state index contributed by atoms with van der Waals surface area (Å²) in [7, 11) is 0. The van der Waals surface area contributed by atoms with Crippen molar-refractivity contribution in [1.29, 1.82) is 0 Å². The highest BCUT2D eigenvalue weighted by molar-refractivity contribution is 5.94. The Kier molecular flexibility index (Phi) is 7.58. The Bertz CT molecular complexity index is 737. The molecule has 0 spiro atoms. The van der Waals surface area contributed by atoms with Crippen molar-refractivity contribution in [3.05, 3.63) is 54.7 Å². The van der Waals surface area contributed by atoms with Crippen LogP contribution in [0.15, 0.2) is 54.7 Å². The molecule has 0 saturated heterocycles. The normalized spacial score (nSPS) is 18.8. The molecule has 0 aliphatic heterocycles. The van der Waals surface area contributed by atoms with Crippen LogP contribution in [0.2, 0.25) is 0 Å². The van der Waals surface area contributed by atoms with Gasteiger partial charge in [-0.1, -0.05) is 24.3 Å². The minimum Gasteiger partial charge on any atom is -0.480 e. The number of benzene rings is 1. The van der Waals surface area contributed by atoms with Gasteiger partial charge in [0.1, 0.15) is 12.4 Å². The summed E-state index contributed by atoms with van der Waals surface area (Å²) in [6.45, 7) is 0.582. The number of nitrogens with zero attached hydrogens (tertiary/aromatic N) is 2. The van der Waals surface area contributed by atoms with E-state index in [2.05, 4.69) is 4.98 Å². The molecule has 1 saturated carbocycles. The van der Waals surface area contributed by atoms with Crippen molar-refractivity contribution in [2.75, 3.05) is 24.7 Å². The molecule has 154 valence electrons. The van der Waals surface area contributed by atoms with E-state index in [0.717, 1.165) is 25.7 Å². The van der Waals surface area contributed by atoms with Gasteiger partial charge in [0.2, 0.25) is 0 Å². The molecule has 1 aliphatic carbocycles. The lowest BCUT2D eigenvalue weighted by Crippen LogP contribution is -2.30. The highest BCUT2D eigenvalue weighted by Gasteiger charge is 2.25. The molecule has 1 heterocycles. The summed E-state index contributed by atoms with van der Waals surface area (Å²) in [5, 5.41) is 8.63. The maximum atomic E-state index is 12.8. The molecule has 1 N–H and O–H groups in total. The molecular weight excluding hydrogens is 372 g/mol. The molecule has 1 fully saturated rings. The Morgan fingerprint density at radius 2 is 1.62 bits per heavy atom. The summed E-state index contributed by atoms with van der Waals surface area (Å²) < 4.78 is 10.8. The maximum Gasteiger partial charge on any atom is 0.420 e. The zero-order valence-corrected chi connectivity index (χ0v) is 16.3. The molecule has 0 atom stereocenters. The molecule has 7 nitrogen and oxygen atoms in total. The van der Waals surface area contributed by atoms with Crippen LogP contribution in [0, 0.1) is 11.8 Å². The highest BCUT2D eigenvalue weighted by Crippen LogP contribution is 2.30. The fraction of sp³-hybridized carbons (Fsp3) is 0.409. The van der Waals surface area contributed by atoms with Crippen LogP contribution in [-0.2, 0) is 14.3 Å². The molecule has 0 unspecified atom stereocenters. The van der Waals surface area contributed by atoms with Crippen molar-refractivity contribution in [2.24, 2.45) is 11.8 Å². The van der Waals surface area contributed by atoms with Gasteiger partial charge in [0.05, 0.1) is 18.9 Å². The molecule has 29 heavy (non-hydrogen) atoms. The van der Waals surface area contributed by atoms with E-state index in [4.69, 9.17) is 14.6 Å². The molecule has 0 bridgehead atoms. The molecule has 3 rings (SSSR count). The Balaban J connectivity index is 1.52. The Labute approximate surface area is 170 Å². The third-order valence-electron chi connectivity index (χ3n) is 5.06. The summed E-state index contributed by atoms with van der Waals surface area (Å²) in [4.78, 5) is 29.1. The van der Waals surface area contributed by atoms with E-state index in [1.54, 1.807) is 18.3 Å². The summed E-state index contributed by atoms with van der Waals surface area (Å²) in [5.41, 5.74) is 0.704.